The summed E-state index contributed by atoms with van der Waals surface area (Å²) >= 11 is 0. The number of ketones is 1. The minimum atomic E-state index is -0.681. The maximum Gasteiger partial charge on any atom is 0.294 e. The molecule has 0 aliphatic carbocycles. The summed E-state index contributed by atoms with van der Waals surface area (Å²) in [6, 6.07) is 24.9. The fourth-order valence-corrected chi connectivity index (χ4v) is 4.69. The molecule has 0 radical (unpaired) electrons. The van der Waals surface area contributed by atoms with Crippen molar-refractivity contribution >= 4 is 17.4 Å². The number of anilines is 1. The van der Waals surface area contributed by atoms with Crippen molar-refractivity contribution in [3.05, 3.63) is 112 Å². The lowest BCUT2D eigenvalue weighted by molar-refractivity contribution is -0.118. The van der Waals surface area contributed by atoms with E-state index in [4.69, 9.17) is 0 Å². The first kappa shape index (κ1) is 25.4. The second-order valence-electron chi connectivity index (χ2n) is 10.9. The number of nitrogens with zero attached hydrogens (tertiary/aromatic N) is 1. The Labute approximate surface area is 214 Å². The van der Waals surface area contributed by atoms with E-state index in [9.17, 15) is 14.7 Å². The van der Waals surface area contributed by atoms with E-state index < -0.39 is 17.7 Å². The van der Waals surface area contributed by atoms with Gasteiger partial charge in [0, 0.05) is 12.1 Å². The van der Waals surface area contributed by atoms with Crippen LogP contribution in [0.4, 0.5) is 5.69 Å². The highest BCUT2D eigenvalue weighted by Crippen LogP contribution is 2.42. The Hall–Kier alpha value is -3.66. The number of Topliss-reactive ketones (excluding diaryl/α,β-unsaturated/α-hetero) is 1. The van der Waals surface area contributed by atoms with Gasteiger partial charge in [-0.15, -0.1) is 0 Å². The monoisotopic (exact) mass is 481 g/mol. The van der Waals surface area contributed by atoms with Crippen LogP contribution in [0.3, 0.4) is 0 Å². The van der Waals surface area contributed by atoms with E-state index in [1.807, 2.05) is 78.9 Å². The van der Waals surface area contributed by atoms with Gasteiger partial charge in [-0.2, -0.15) is 0 Å². The van der Waals surface area contributed by atoms with Crippen LogP contribution in [0.25, 0.3) is 0 Å². The lowest BCUT2D eigenvalue weighted by Crippen LogP contribution is -2.31. The third-order valence-corrected chi connectivity index (χ3v) is 6.92. The molecular formula is C32H35NO3. The summed E-state index contributed by atoms with van der Waals surface area (Å²) in [5.41, 5.74) is 4.97. The van der Waals surface area contributed by atoms with E-state index in [1.54, 1.807) is 4.90 Å². The van der Waals surface area contributed by atoms with Gasteiger partial charge in [0.25, 0.3) is 5.91 Å². The Balaban J connectivity index is 1.73. The molecule has 4 heteroatoms. The normalized spacial score (nSPS) is 16.2. The third kappa shape index (κ3) is 5.13. The first-order valence-electron chi connectivity index (χ1n) is 12.6. The van der Waals surface area contributed by atoms with Gasteiger partial charge in [0.1, 0.15) is 0 Å². The first-order chi connectivity index (χ1) is 17.1. The summed E-state index contributed by atoms with van der Waals surface area (Å²) < 4.78 is 0. The van der Waals surface area contributed by atoms with Crippen LogP contribution in [0.1, 0.15) is 75.3 Å². The number of rotatable bonds is 7. The van der Waals surface area contributed by atoms with E-state index in [0.717, 1.165) is 22.3 Å². The standard InChI is InChI=1S/C32H35NO3/c1-21(2)23-14-18-26(19-15-23)33-29(24-12-16-25(17-13-24)32(3,4)5)28(30(35)31(33)36)27(34)20-11-22-9-7-6-8-10-22/h6-10,12-19,21,29,35H,11,20H2,1-5H3. The summed E-state index contributed by atoms with van der Waals surface area (Å²) in [6.45, 7) is 10.7. The molecule has 1 atom stereocenters. The summed E-state index contributed by atoms with van der Waals surface area (Å²) in [6.07, 6.45) is 0.761. The van der Waals surface area contributed by atoms with Crippen molar-refractivity contribution in [3.8, 4) is 0 Å². The van der Waals surface area contributed by atoms with E-state index >= 15 is 0 Å². The number of aliphatic hydroxyl groups is 1. The molecule has 1 aliphatic heterocycles. The van der Waals surface area contributed by atoms with E-state index in [2.05, 4.69) is 34.6 Å². The van der Waals surface area contributed by atoms with Crippen LogP contribution >= 0.6 is 0 Å². The average Bonchev–Trinajstić information content (AvgIpc) is 3.13. The molecule has 1 aliphatic rings. The SMILES string of the molecule is CC(C)c1ccc(N2C(=O)C(O)=C(C(=O)CCc3ccccc3)C2c2ccc(C(C)(C)C)cc2)cc1. The van der Waals surface area contributed by atoms with Crippen LogP contribution < -0.4 is 4.90 Å². The largest absolute Gasteiger partial charge is 0.503 e. The van der Waals surface area contributed by atoms with Gasteiger partial charge in [-0.1, -0.05) is 101 Å². The smallest absolute Gasteiger partial charge is 0.294 e. The van der Waals surface area contributed by atoms with E-state index in [1.165, 1.54) is 0 Å². The lowest BCUT2D eigenvalue weighted by Gasteiger charge is -2.28. The molecule has 1 N–H and O–H groups in total. The topological polar surface area (TPSA) is 57.6 Å². The van der Waals surface area contributed by atoms with Gasteiger partial charge in [-0.05, 0) is 52.1 Å². The number of benzene rings is 3. The van der Waals surface area contributed by atoms with Gasteiger partial charge in [-0.3, -0.25) is 14.5 Å². The predicted octanol–water partition coefficient (Wildman–Crippen LogP) is 7.21. The van der Waals surface area contributed by atoms with Gasteiger partial charge in [-0.25, -0.2) is 0 Å². The van der Waals surface area contributed by atoms with Gasteiger partial charge < -0.3 is 5.11 Å². The van der Waals surface area contributed by atoms with E-state index in [0.29, 0.717) is 18.0 Å². The average molecular weight is 482 g/mol. The first-order valence-corrected chi connectivity index (χ1v) is 12.6. The van der Waals surface area contributed by atoms with Crippen molar-refractivity contribution in [2.75, 3.05) is 4.90 Å². The van der Waals surface area contributed by atoms with E-state index in [-0.39, 0.29) is 23.2 Å². The molecule has 0 saturated heterocycles. The Bertz CT molecular complexity index is 1260. The summed E-state index contributed by atoms with van der Waals surface area (Å²) in [4.78, 5) is 28.5. The molecular weight excluding hydrogens is 446 g/mol. The van der Waals surface area contributed by atoms with Gasteiger partial charge in [0.15, 0.2) is 11.5 Å². The summed E-state index contributed by atoms with van der Waals surface area (Å²) in [5.74, 6) is -0.849. The second kappa shape index (κ2) is 10.1. The van der Waals surface area contributed by atoms with Crippen LogP contribution in [0.2, 0.25) is 0 Å². The molecule has 0 saturated carbocycles. The molecule has 186 valence electrons. The fraction of sp³-hybridized carbons (Fsp3) is 0.312. The Morgan fingerprint density at radius 2 is 1.53 bits per heavy atom. The fourth-order valence-electron chi connectivity index (χ4n) is 4.69. The minimum absolute atomic E-state index is 0.0251. The molecule has 3 aromatic rings. The predicted molar refractivity (Wildman–Crippen MR) is 145 cm³/mol. The molecule has 3 aromatic carbocycles. The van der Waals surface area contributed by atoms with Gasteiger partial charge in [0.05, 0.1) is 11.6 Å². The molecule has 1 heterocycles. The number of aryl methyl sites for hydroxylation is 1. The summed E-state index contributed by atoms with van der Waals surface area (Å²) in [5, 5.41) is 11.0. The molecule has 0 bridgehead atoms. The van der Waals surface area contributed by atoms with Crippen LogP contribution in [0, 0.1) is 0 Å². The van der Waals surface area contributed by atoms with Gasteiger partial charge in [0.2, 0.25) is 0 Å². The molecule has 0 aromatic heterocycles. The summed E-state index contributed by atoms with van der Waals surface area (Å²) in [7, 11) is 0. The van der Waals surface area contributed by atoms with Crippen molar-refractivity contribution in [3.63, 3.8) is 0 Å². The molecule has 1 amide bonds. The van der Waals surface area contributed by atoms with Crippen molar-refractivity contribution in [2.24, 2.45) is 0 Å². The number of hydrogen-bond donors (Lipinski definition) is 1. The molecule has 4 nitrogen and oxygen atoms in total. The highest BCUT2D eigenvalue weighted by Gasteiger charge is 2.44. The molecule has 1 unspecified atom stereocenters. The Morgan fingerprint density at radius 3 is 2.08 bits per heavy atom. The lowest BCUT2D eigenvalue weighted by atomic mass is 9.85. The maximum atomic E-state index is 13.5. The number of aliphatic hydroxyl groups excluding tert-OH is 1. The van der Waals surface area contributed by atoms with Crippen molar-refractivity contribution in [2.45, 2.75) is 64.8 Å². The molecule has 0 fully saturated rings. The van der Waals surface area contributed by atoms with Crippen LogP contribution in [-0.4, -0.2) is 16.8 Å². The Morgan fingerprint density at radius 1 is 0.917 bits per heavy atom. The minimum Gasteiger partial charge on any atom is -0.503 e. The number of hydrogen-bond acceptors (Lipinski definition) is 3. The second-order valence-corrected chi connectivity index (χ2v) is 10.9. The molecule has 4 rings (SSSR count). The molecule has 36 heavy (non-hydrogen) atoms. The Kier molecular flexibility index (Phi) is 7.16. The van der Waals surface area contributed by atoms with Gasteiger partial charge >= 0.3 is 0 Å². The van der Waals surface area contributed by atoms with Crippen molar-refractivity contribution in [1.82, 2.24) is 0 Å². The van der Waals surface area contributed by atoms with Crippen LogP contribution in [-0.2, 0) is 21.4 Å². The molecule has 0 spiro atoms. The zero-order chi connectivity index (χ0) is 26.0. The highest BCUT2D eigenvalue weighted by molar-refractivity contribution is 6.16. The third-order valence-electron chi connectivity index (χ3n) is 6.92. The number of carbonyl (C=O) groups is 2. The highest BCUT2D eigenvalue weighted by atomic mass is 16.3. The van der Waals surface area contributed by atoms with Crippen molar-refractivity contribution in [1.29, 1.82) is 0 Å². The zero-order valence-electron chi connectivity index (χ0n) is 21.8. The zero-order valence-corrected chi connectivity index (χ0v) is 21.8. The van der Waals surface area contributed by atoms with Crippen LogP contribution in [0.15, 0.2) is 90.2 Å². The quantitative estimate of drug-likeness (QED) is 0.388. The number of carbonyl (C=O) groups excluding carboxylic acids is 2. The maximum absolute atomic E-state index is 13.5. The van der Waals surface area contributed by atoms with Crippen LogP contribution in [0.5, 0.6) is 0 Å². The van der Waals surface area contributed by atoms with Crippen molar-refractivity contribution < 1.29 is 14.7 Å². The number of amides is 1.